The van der Waals surface area contributed by atoms with Gasteiger partial charge in [0.15, 0.2) is 11.9 Å². The molecule has 2 bridgehead atoms. The zero-order chi connectivity index (χ0) is 24.4. The van der Waals surface area contributed by atoms with Crippen LogP contribution in [0, 0.1) is 16.7 Å². The number of aliphatic hydroxyl groups is 3. The summed E-state index contributed by atoms with van der Waals surface area (Å²) in [5.41, 5.74) is -3.27. The first-order chi connectivity index (χ1) is 14.6. The van der Waals surface area contributed by atoms with Crippen LogP contribution in [0.2, 0.25) is 0 Å². The molecule has 0 heterocycles. The number of hydrogen-bond acceptors (Lipinski definition) is 8. The van der Waals surface area contributed by atoms with Crippen LogP contribution in [0.15, 0.2) is 23.3 Å². The van der Waals surface area contributed by atoms with Crippen LogP contribution in [-0.4, -0.2) is 63.1 Å². The van der Waals surface area contributed by atoms with Crippen molar-refractivity contribution in [2.75, 3.05) is 0 Å². The monoisotopic (exact) mass is 450 g/mol. The van der Waals surface area contributed by atoms with Crippen LogP contribution >= 0.6 is 0 Å². The molecular formula is C24H34O8. The molecule has 0 aromatic rings. The highest BCUT2D eigenvalue weighted by atomic mass is 16.6. The third-order valence-electron chi connectivity index (χ3n) is 8.11. The molecule has 7 unspecified atom stereocenters. The van der Waals surface area contributed by atoms with E-state index in [4.69, 9.17) is 9.47 Å². The van der Waals surface area contributed by atoms with E-state index in [2.05, 4.69) is 6.58 Å². The molecule has 0 spiro atoms. The van der Waals surface area contributed by atoms with Gasteiger partial charge in [0.2, 0.25) is 0 Å². The molecule has 0 radical (unpaired) electrons. The van der Waals surface area contributed by atoms with Crippen molar-refractivity contribution in [2.24, 2.45) is 16.7 Å². The Morgan fingerprint density at radius 3 is 2.19 bits per heavy atom. The minimum absolute atomic E-state index is 0.293. The van der Waals surface area contributed by atoms with Gasteiger partial charge in [-0.3, -0.25) is 14.4 Å². The van der Waals surface area contributed by atoms with E-state index in [-0.39, 0.29) is 6.42 Å². The molecule has 0 amide bonds. The standard InChI is InChI=1S/C24H34O8/c1-11-15(27)8-9-23(7)18(11)21(32-14(4)26)24(30)10-16(28)12(2)17(22(24,5)6)19(20(23)29)31-13(3)25/h15,18-21,27,29-30H,1,8-10H2,2-7H3. The Morgan fingerprint density at radius 2 is 1.66 bits per heavy atom. The molecule has 0 saturated heterocycles. The van der Waals surface area contributed by atoms with Gasteiger partial charge >= 0.3 is 11.9 Å². The second-order valence-corrected chi connectivity index (χ2v) is 10.3. The number of carbonyl (C=O) groups excluding carboxylic acids is 3. The van der Waals surface area contributed by atoms with Gasteiger partial charge in [0.05, 0.1) is 6.10 Å². The Kier molecular flexibility index (Phi) is 5.98. The predicted octanol–water partition coefficient (Wildman–Crippen LogP) is 1.60. The maximum atomic E-state index is 13.1. The molecule has 2 fully saturated rings. The van der Waals surface area contributed by atoms with E-state index >= 15 is 0 Å². The summed E-state index contributed by atoms with van der Waals surface area (Å²) >= 11 is 0. The van der Waals surface area contributed by atoms with Crippen LogP contribution in [0.4, 0.5) is 0 Å². The van der Waals surface area contributed by atoms with Gasteiger partial charge in [-0.2, -0.15) is 0 Å². The van der Waals surface area contributed by atoms with Crippen molar-refractivity contribution < 1.29 is 39.2 Å². The summed E-state index contributed by atoms with van der Waals surface area (Å²) in [7, 11) is 0. The molecule has 0 aliphatic heterocycles. The summed E-state index contributed by atoms with van der Waals surface area (Å²) < 4.78 is 11.3. The van der Waals surface area contributed by atoms with Crippen LogP contribution in [0.3, 0.4) is 0 Å². The van der Waals surface area contributed by atoms with Crippen molar-refractivity contribution in [3.63, 3.8) is 0 Å². The van der Waals surface area contributed by atoms with Crippen molar-refractivity contribution in [3.8, 4) is 0 Å². The van der Waals surface area contributed by atoms with E-state index in [1.807, 2.05) is 0 Å². The number of ether oxygens (including phenoxy) is 2. The average Bonchev–Trinajstić information content (AvgIpc) is 2.66. The van der Waals surface area contributed by atoms with Crippen molar-refractivity contribution in [3.05, 3.63) is 23.3 Å². The lowest BCUT2D eigenvalue weighted by molar-refractivity contribution is -0.230. The van der Waals surface area contributed by atoms with Crippen molar-refractivity contribution >= 4 is 17.7 Å². The van der Waals surface area contributed by atoms with E-state index in [1.54, 1.807) is 27.7 Å². The second-order valence-electron chi connectivity index (χ2n) is 10.3. The van der Waals surface area contributed by atoms with E-state index in [0.717, 1.165) is 0 Å². The molecule has 32 heavy (non-hydrogen) atoms. The molecule has 8 heteroatoms. The zero-order valence-corrected chi connectivity index (χ0v) is 19.6. The number of esters is 2. The van der Waals surface area contributed by atoms with Crippen LogP contribution < -0.4 is 0 Å². The minimum Gasteiger partial charge on any atom is -0.459 e. The molecule has 178 valence electrons. The molecule has 2 saturated carbocycles. The van der Waals surface area contributed by atoms with Crippen LogP contribution in [0.5, 0.6) is 0 Å². The molecule has 3 aliphatic carbocycles. The lowest BCUT2D eigenvalue weighted by Gasteiger charge is -2.61. The summed E-state index contributed by atoms with van der Waals surface area (Å²) in [5, 5.41) is 34.5. The highest BCUT2D eigenvalue weighted by Gasteiger charge is 2.68. The van der Waals surface area contributed by atoms with Crippen molar-refractivity contribution in [2.45, 2.75) is 90.8 Å². The summed E-state index contributed by atoms with van der Waals surface area (Å²) in [6, 6.07) is 0. The number of rotatable bonds is 2. The lowest BCUT2D eigenvalue weighted by Crippen LogP contribution is -2.70. The zero-order valence-electron chi connectivity index (χ0n) is 19.6. The van der Waals surface area contributed by atoms with Crippen molar-refractivity contribution in [1.82, 2.24) is 0 Å². The largest absolute Gasteiger partial charge is 0.459 e. The predicted molar refractivity (Wildman–Crippen MR) is 114 cm³/mol. The number of Topliss-reactive ketones (excluding diaryl/α,β-unsaturated/α-hetero) is 1. The summed E-state index contributed by atoms with van der Waals surface area (Å²) in [6.07, 6.45) is -4.45. The average molecular weight is 451 g/mol. The molecule has 3 rings (SSSR count). The van der Waals surface area contributed by atoms with Crippen LogP contribution in [-0.2, 0) is 23.9 Å². The smallest absolute Gasteiger partial charge is 0.303 e. The number of allylic oxidation sites excluding steroid dienone is 1. The molecule has 8 nitrogen and oxygen atoms in total. The van der Waals surface area contributed by atoms with Gasteiger partial charge in [-0.1, -0.05) is 27.4 Å². The normalized spacial score (nSPS) is 41.3. The van der Waals surface area contributed by atoms with Gasteiger partial charge in [-0.15, -0.1) is 0 Å². The van der Waals surface area contributed by atoms with Gasteiger partial charge in [0.25, 0.3) is 0 Å². The van der Waals surface area contributed by atoms with Crippen molar-refractivity contribution in [1.29, 1.82) is 0 Å². The van der Waals surface area contributed by atoms with E-state index in [1.165, 1.54) is 13.8 Å². The Bertz CT molecular complexity index is 902. The molecule has 0 aromatic carbocycles. The van der Waals surface area contributed by atoms with E-state index < -0.39 is 64.5 Å². The lowest BCUT2D eigenvalue weighted by atomic mass is 9.48. The molecule has 3 N–H and O–H groups in total. The third-order valence-corrected chi connectivity index (χ3v) is 8.11. The van der Waals surface area contributed by atoms with E-state index in [9.17, 15) is 29.7 Å². The van der Waals surface area contributed by atoms with Gasteiger partial charge in [0, 0.05) is 37.0 Å². The fourth-order valence-corrected chi connectivity index (χ4v) is 6.19. The van der Waals surface area contributed by atoms with Gasteiger partial charge in [-0.25, -0.2) is 0 Å². The van der Waals surface area contributed by atoms with Crippen LogP contribution in [0.25, 0.3) is 0 Å². The third kappa shape index (κ3) is 3.35. The fourth-order valence-electron chi connectivity index (χ4n) is 6.19. The van der Waals surface area contributed by atoms with Gasteiger partial charge < -0.3 is 24.8 Å². The highest BCUT2D eigenvalue weighted by molar-refractivity contribution is 5.98. The molecule has 0 aromatic heterocycles. The van der Waals surface area contributed by atoms with Gasteiger partial charge in [-0.05, 0) is 36.5 Å². The highest BCUT2D eigenvalue weighted by Crippen LogP contribution is 2.61. The first kappa shape index (κ1) is 24.6. The van der Waals surface area contributed by atoms with Gasteiger partial charge in [0.1, 0.15) is 17.8 Å². The number of aliphatic hydroxyl groups excluding tert-OH is 2. The van der Waals surface area contributed by atoms with E-state index in [0.29, 0.717) is 29.6 Å². The first-order valence-corrected chi connectivity index (χ1v) is 11.0. The number of carbonyl (C=O) groups is 3. The SMILES string of the molecule is C=C1C(O)CCC2(C)C(O)C(OC(C)=O)C3=C(C)C(=O)CC(O)(C(OC(C)=O)C12)C3(C)C. The fraction of sp³-hybridized carbons (Fsp3) is 0.708. The summed E-state index contributed by atoms with van der Waals surface area (Å²) in [5.74, 6) is -2.59. The summed E-state index contributed by atoms with van der Waals surface area (Å²) in [6.45, 7) is 13.2. The maximum Gasteiger partial charge on any atom is 0.303 e. The number of fused-ring (bicyclic) bond motifs is 3. The second kappa shape index (κ2) is 7.78. The Labute approximate surface area is 188 Å². The van der Waals surface area contributed by atoms with Crippen LogP contribution in [0.1, 0.15) is 60.8 Å². The molecule has 7 atom stereocenters. The Hall–Kier alpha value is -2.03. The Morgan fingerprint density at radius 1 is 1.09 bits per heavy atom. The summed E-state index contributed by atoms with van der Waals surface area (Å²) in [4.78, 5) is 37.3. The quantitative estimate of drug-likeness (QED) is 0.427. The first-order valence-electron chi connectivity index (χ1n) is 11.0. The minimum atomic E-state index is -1.89. The molecule has 3 aliphatic rings. The molecular weight excluding hydrogens is 416 g/mol. The maximum absolute atomic E-state index is 13.1. The number of ketones is 1. The topological polar surface area (TPSA) is 130 Å². The number of hydrogen-bond donors (Lipinski definition) is 3. The Balaban J connectivity index is 2.41.